The highest BCUT2D eigenvalue weighted by molar-refractivity contribution is 5.89. The van der Waals surface area contributed by atoms with Gasteiger partial charge in [0.2, 0.25) is 6.79 Å². The van der Waals surface area contributed by atoms with Crippen molar-refractivity contribution in [2.75, 3.05) is 20.4 Å². The molecule has 1 aliphatic heterocycles. The molecular formula is C13H13NO5. The fourth-order valence-electron chi connectivity index (χ4n) is 1.44. The van der Waals surface area contributed by atoms with Gasteiger partial charge in [-0.15, -0.1) is 0 Å². The fourth-order valence-corrected chi connectivity index (χ4v) is 1.44. The average Bonchev–Trinajstić information content (AvgIpc) is 2.89. The Morgan fingerprint density at radius 3 is 2.95 bits per heavy atom. The first-order valence-corrected chi connectivity index (χ1v) is 5.64. The van der Waals surface area contributed by atoms with Crippen LogP contribution in [0.1, 0.15) is 5.56 Å². The Kier molecular flexibility index (Phi) is 4.02. The minimum absolute atomic E-state index is 0.205. The van der Waals surface area contributed by atoms with E-state index in [1.165, 1.54) is 13.1 Å². The first-order valence-electron chi connectivity index (χ1n) is 5.64. The molecule has 0 radical (unpaired) electrons. The molecule has 0 saturated carbocycles. The SMILES string of the molecule is CNC(=O)COC(=O)C=Cc1ccc2c(c1)OCO2. The van der Waals surface area contributed by atoms with Crippen molar-refractivity contribution in [3.63, 3.8) is 0 Å². The third-order valence-corrected chi connectivity index (χ3v) is 2.43. The van der Waals surface area contributed by atoms with E-state index in [-0.39, 0.29) is 19.3 Å². The Bertz CT molecular complexity index is 524. The summed E-state index contributed by atoms with van der Waals surface area (Å²) in [4.78, 5) is 22.2. The molecule has 1 amide bonds. The molecule has 1 aromatic carbocycles. The second-order valence-electron chi connectivity index (χ2n) is 3.73. The van der Waals surface area contributed by atoms with Gasteiger partial charge in [-0.05, 0) is 23.8 Å². The number of ether oxygens (including phenoxy) is 3. The number of carbonyl (C=O) groups excluding carboxylic acids is 2. The highest BCUT2D eigenvalue weighted by atomic mass is 16.7. The Morgan fingerprint density at radius 2 is 2.16 bits per heavy atom. The van der Waals surface area contributed by atoms with Crippen molar-refractivity contribution in [1.82, 2.24) is 5.32 Å². The molecule has 1 aromatic rings. The quantitative estimate of drug-likeness (QED) is 0.640. The van der Waals surface area contributed by atoms with E-state index in [0.29, 0.717) is 11.5 Å². The first kappa shape index (κ1) is 12.9. The maximum Gasteiger partial charge on any atom is 0.331 e. The summed E-state index contributed by atoms with van der Waals surface area (Å²) in [6.07, 6.45) is 2.83. The number of fused-ring (bicyclic) bond motifs is 1. The van der Waals surface area contributed by atoms with Crippen LogP contribution in [0.4, 0.5) is 0 Å². The molecule has 6 heteroatoms. The normalized spacial score (nSPS) is 12.5. The maximum atomic E-state index is 11.3. The molecule has 6 nitrogen and oxygen atoms in total. The lowest BCUT2D eigenvalue weighted by Gasteiger charge is -2.00. The van der Waals surface area contributed by atoms with Crippen molar-refractivity contribution in [3.8, 4) is 11.5 Å². The molecule has 0 atom stereocenters. The molecule has 0 spiro atoms. The standard InChI is InChI=1S/C13H13NO5/c1-14-12(15)7-17-13(16)5-3-9-2-4-10-11(6-9)19-8-18-10/h2-6H,7-8H2,1H3,(H,14,15). The van der Waals surface area contributed by atoms with E-state index in [4.69, 9.17) is 14.2 Å². The predicted octanol–water partition coefficient (Wildman–Crippen LogP) is 0.718. The summed E-state index contributed by atoms with van der Waals surface area (Å²) in [5.74, 6) is 0.381. The Morgan fingerprint density at radius 1 is 1.37 bits per heavy atom. The summed E-state index contributed by atoms with van der Waals surface area (Å²) in [7, 11) is 1.47. The van der Waals surface area contributed by atoms with E-state index in [1.54, 1.807) is 24.3 Å². The van der Waals surface area contributed by atoms with Crippen molar-refractivity contribution in [2.24, 2.45) is 0 Å². The summed E-state index contributed by atoms with van der Waals surface area (Å²) < 4.78 is 15.1. The predicted molar refractivity (Wildman–Crippen MR) is 66.6 cm³/mol. The Labute approximate surface area is 110 Å². The summed E-state index contributed by atoms with van der Waals surface area (Å²) in [6.45, 7) is -0.0858. The van der Waals surface area contributed by atoms with Gasteiger partial charge in [-0.2, -0.15) is 0 Å². The van der Waals surface area contributed by atoms with Crippen LogP contribution in [0.15, 0.2) is 24.3 Å². The van der Waals surface area contributed by atoms with Gasteiger partial charge in [0.05, 0.1) is 0 Å². The van der Waals surface area contributed by atoms with Crippen LogP contribution in [0, 0.1) is 0 Å². The zero-order valence-electron chi connectivity index (χ0n) is 10.3. The van der Waals surface area contributed by atoms with Gasteiger partial charge in [0, 0.05) is 13.1 Å². The number of nitrogens with one attached hydrogen (secondary N) is 1. The van der Waals surface area contributed by atoms with E-state index in [9.17, 15) is 9.59 Å². The van der Waals surface area contributed by atoms with Crippen molar-refractivity contribution in [1.29, 1.82) is 0 Å². The van der Waals surface area contributed by atoms with Crippen molar-refractivity contribution >= 4 is 18.0 Å². The van der Waals surface area contributed by atoms with Crippen LogP contribution in [0.3, 0.4) is 0 Å². The van der Waals surface area contributed by atoms with E-state index in [2.05, 4.69) is 5.32 Å². The third kappa shape index (κ3) is 3.48. The number of benzene rings is 1. The molecule has 100 valence electrons. The lowest BCUT2D eigenvalue weighted by Crippen LogP contribution is -2.24. The van der Waals surface area contributed by atoms with E-state index in [0.717, 1.165) is 5.56 Å². The Hall–Kier alpha value is -2.50. The van der Waals surface area contributed by atoms with Crippen molar-refractivity contribution < 1.29 is 23.8 Å². The van der Waals surface area contributed by atoms with E-state index in [1.807, 2.05) is 0 Å². The highest BCUT2D eigenvalue weighted by Crippen LogP contribution is 2.32. The molecule has 19 heavy (non-hydrogen) atoms. The maximum absolute atomic E-state index is 11.3. The molecule has 0 fully saturated rings. The largest absolute Gasteiger partial charge is 0.454 e. The molecular weight excluding hydrogens is 250 g/mol. The summed E-state index contributed by atoms with van der Waals surface area (Å²) in [5.41, 5.74) is 0.779. The van der Waals surface area contributed by atoms with Crippen LogP contribution >= 0.6 is 0 Å². The van der Waals surface area contributed by atoms with E-state index < -0.39 is 5.97 Å². The molecule has 1 heterocycles. The van der Waals surface area contributed by atoms with Gasteiger partial charge in [0.1, 0.15) is 0 Å². The number of amides is 1. The summed E-state index contributed by atoms with van der Waals surface area (Å²) >= 11 is 0. The molecule has 0 aromatic heterocycles. The van der Waals surface area contributed by atoms with Crippen LogP contribution in [0.5, 0.6) is 11.5 Å². The van der Waals surface area contributed by atoms with Crippen molar-refractivity contribution in [3.05, 3.63) is 29.8 Å². The van der Waals surface area contributed by atoms with Crippen LogP contribution in [-0.2, 0) is 14.3 Å². The monoisotopic (exact) mass is 263 g/mol. The zero-order chi connectivity index (χ0) is 13.7. The molecule has 0 unspecified atom stereocenters. The molecule has 1 N–H and O–H groups in total. The molecule has 1 aliphatic rings. The average molecular weight is 263 g/mol. The van der Waals surface area contributed by atoms with Gasteiger partial charge in [-0.3, -0.25) is 4.79 Å². The minimum atomic E-state index is -0.582. The van der Waals surface area contributed by atoms with Crippen LogP contribution in [-0.4, -0.2) is 32.3 Å². The molecule has 0 saturated heterocycles. The van der Waals surface area contributed by atoms with Crippen molar-refractivity contribution in [2.45, 2.75) is 0 Å². The minimum Gasteiger partial charge on any atom is -0.454 e. The smallest absolute Gasteiger partial charge is 0.331 e. The molecule has 0 bridgehead atoms. The van der Waals surface area contributed by atoms with Crippen LogP contribution in [0.2, 0.25) is 0 Å². The van der Waals surface area contributed by atoms with Gasteiger partial charge in [0.25, 0.3) is 5.91 Å². The second-order valence-corrected chi connectivity index (χ2v) is 3.73. The van der Waals surface area contributed by atoms with Crippen LogP contribution in [0.25, 0.3) is 6.08 Å². The number of hydrogen-bond acceptors (Lipinski definition) is 5. The number of hydrogen-bond donors (Lipinski definition) is 1. The number of esters is 1. The molecule has 2 rings (SSSR count). The number of rotatable bonds is 4. The van der Waals surface area contributed by atoms with Gasteiger partial charge < -0.3 is 19.5 Å². The Balaban J connectivity index is 1.91. The lowest BCUT2D eigenvalue weighted by molar-refractivity contribution is -0.143. The van der Waals surface area contributed by atoms with Gasteiger partial charge in [-0.1, -0.05) is 6.07 Å². The number of carbonyl (C=O) groups is 2. The topological polar surface area (TPSA) is 73.9 Å². The summed E-state index contributed by atoms with van der Waals surface area (Å²) in [6, 6.07) is 5.30. The zero-order valence-corrected chi connectivity index (χ0v) is 10.3. The van der Waals surface area contributed by atoms with Gasteiger partial charge >= 0.3 is 5.97 Å². The number of likely N-dealkylation sites (N-methyl/N-ethyl adjacent to an activating group) is 1. The van der Waals surface area contributed by atoms with Gasteiger partial charge in [0.15, 0.2) is 18.1 Å². The lowest BCUT2D eigenvalue weighted by atomic mass is 10.2. The third-order valence-electron chi connectivity index (χ3n) is 2.43. The van der Waals surface area contributed by atoms with E-state index >= 15 is 0 Å². The molecule has 0 aliphatic carbocycles. The van der Waals surface area contributed by atoms with Gasteiger partial charge in [-0.25, -0.2) is 4.79 Å². The highest BCUT2D eigenvalue weighted by Gasteiger charge is 2.12. The first-order chi connectivity index (χ1) is 9.19. The second kappa shape index (κ2) is 5.90. The summed E-state index contributed by atoms with van der Waals surface area (Å²) in [5, 5.41) is 2.35. The van der Waals surface area contributed by atoms with Crippen LogP contribution < -0.4 is 14.8 Å². The fraction of sp³-hybridized carbons (Fsp3) is 0.231.